The van der Waals surface area contributed by atoms with Gasteiger partial charge >= 0.3 is 12.1 Å². The maximum atomic E-state index is 12.4. The summed E-state index contributed by atoms with van der Waals surface area (Å²) in [4.78, 5) is 30.2. The highest BCUT2D eigenvalue weighted by Gasteiger charge is 2.26. The lowest BCUT2D eigenvalue weighted by Gasteiger charge is -2.24. The van der Waals surface area contributed by atoms with E-state index in [2.05, 4.69) is 20.9 Å². The molecule has 2 heterocycles. The number of benzene rings is 1. The summed E-state index contributed by atoms with van der Waals surface area (Å²) >= 11 is 1.50. The van der Waals surface area contributed by atoms with Crippen LogP contribution < -0.4 is 16.0 Å². The van der Waals surface area contributed by atoms with Crippen LogP contribution in [0.3, 0.4) is 0 Å². The molecule has 0 bridgehead atoms. The van der Waals surface area contributed by atoms with Crippen molar-refractivity contribution in [1.82, 2.24) is 20.5 Å². The summed E-state index contributed by atoms with van der Waals surface area (Å²) in [5, 5.41) is 11.3. The second-order valence-electron chi connectivity index (χ2n) is 6.35. The molecule has 3 rings (SSSR count). The van der Waals surface area contributed by atoms with E-state index < -0.39 is 5.54 Å². The molecule has 1 aromatic heterocycles. The van der Waals surface area contributed by atoms with Crippen molar-refractivity contribution in [2.45, 2.75) is 25.9 Å². The molecule has 0 atom stereocenters. The Labute approximate surface area is 150 Å². The van der Waals surface area contributed by atoms with Crippen LogP contribution in [0.2, 0.25) is 0 Å². The number of nitrogens with zero attached hydrogens (tertiary/aromatic N) is 2. The van der Waals surface area contributed by atoms with Crippen LogP contribution in [0.5, 0.6) is 0 Å². The van der Waals surface area contributed by atoms with Gasteiger partial charge in [0.2, 0.25) is 0 Å². The maximum Gasteiger partial charge on any atom is 0.320 e. The first-order chi connectivity index (χ1) is 12.0. The van der Waals surface area contributed by atoms with E-state index in [1.807, 2.05) is 43.5 Å². The van der Waals surface area contributed by atoms with E-state index in [4.69, 9.17) is 0 Å². The van der Waals surface area contributed by atoms with Gasteiger partial charge in [0.05, 0.1) is 5.54 Å². The molecule has 0 unspecified atom stereocenters. The molecule has 2 aromatic rings. The van der Waals surface area contributed by atoms with Gasteiger partial charge in [-0.2, -0.15) is 0 Å². The van der Waals surface area contributed by atoms with Gasteiger partial charge in [-0.25, -0.2) is 14.6 Å². The maximum absolute atomic E-state index is 12.4. The number of nitrogens with one attached hydrogen (secondary N) is 3. The van der Waals surface area contributed by atoms with Crippen molar-refractivity contribution in [3.63, 3.8) is 0 Å². The third-order valence-corrected chi connectivity index (χ3v) is 5.06. The zero-order valence-electron chi connectivity index (χ0n) is 14.2. The van der Waals surface area contributed by atoms with Crippen LogP contribution in [0.1, 0.15) is 24.4 Å². The van der Waals surface area contributed by atoms with Gasteiger partial charge < -0.3 is 20.9 Å². The lowest BCUT2D eigenvalue weighted by molar-refractivity contribution is 0.215. The first kappa shape index (κ1) is 17.2. The highest BCUT2D eigenvalue weighted by molar-refractivity contribution is 7.09. The number of urea groups is 2. The van der Waals surface area contributed by atoms with Gasteiger partial charge in [-0.1, -0.05) is 18.2 Å². The highest BCUT2D eigenvalue weighted by Crippen LogP contribution is 2.23. The van der Waals surface area contributed by atoms with Gasteiger partial charge in [0, 0.05) is 36.9 Å². The fourth-order valence-electron chi connectivity index (χ4n) is 2.67. The second-order valence-corrected chi connectivity index (χ2v) is 7.25. The van der Waals surface area contributed by atoms with E-state index in [0.29, 0.717) is 25.3 Å². The summed E-state index contributed by atoms with van der Waals surface area (Å²) in [6.07, 6.45) is 1.72. The summed E-state index contributed by atoms with van der Waals surface area (Å²) in [7, 11) is 0. The molecule has 0 radical (unpaired) electrons. The number of aromatic nitrogens is 1. The zero-order valence-corrected chi connectivity index (χ0v) is 15.0. The average Bonchev–Trinajstić information content (AvgIpc) is 3.21. The summed E-state index contributed by atoms with van der Waals surface area (Å²) in [6.45, 7) is 5.59. The van der Waals surface area contributed by atoms with Crippen molar-refractivity contribution in [2.24, 2.45) is 0 Å². The number of rotatable bonds is 5. The summed E-state index contributed by atoms with van der Waals surface area (Å²) < 4.78 is 0. The Bertz CT molecular complexity index is 760. The topological polar surface area (TPSA) is 86.4 Å². The second kappa shape index (κ2) is 7.10. The lowest BCUT2D eigenvalue weighted by atomic mass is 10.1. The summed E-state index contributed by atoms with van der Waals surface area (Å²) in [6, 6.07) is 7.11. The molecule has 0 saturated carbocycles. The number of hydrogen-bond donors (Lipinski definition) is 3. The van der Waals surface area contributed by atoms with Crippen molar-refractivity contribution in [3.8, 4) is 0 Å². The van der Waals surface area contributed by atoms with Crippen LogP contribution in [0.4, 0.5) is 15.3 Å². The Hall–Kier alpha value is -2.61. The van der Waals surface area contributed by atoms with E-state index in [1.54, 1.807) is 11.1 Å². The third-order valence-electron chi connectivity index (χ3n) is 3.96. The Morgan fingerprint density at radius 2 is 2.20 bits per heavy atom. The fourth-order valence-corrected chi connectivity index (χ4v) is 3.39. The minimum absolute atomic E-state index is 0.0795. The number of carbonyl (C=O) groups is 2. The van der Waals surface area contributed by atoms with Crippen LogP contribution in [-0.4, -0.2) is 35.0 Å². The molecular formula is C17H21N5O2S. The molecule has 1 aliphatic rings. The average molecular weight is 359 g/mol. The van der Waals surface area contributed by atoms with E-state index in [9.17, 15) is 9.59 Å². The van der Waals surface area contributed by atoms with Crippen LogP contribution in [0.15, 0.2) is 35.8 Å². The predicted molar refractivity (Wildman–Crippen MR) is 97.5 cm³/mol. The quantitative estimate of drug-likeness (QED) is 0.767. The standard InChI is InChI=1S/C17H21N5O2S/c1-17(2,14-18-8-10-25-14)21-15(23)20-13-6-4-3-5-12(13)11-22-9-7-19-16(22)24/h3-6,8,10H,7,9,11H2,1-2H3,(H,19,24)(H2,20,21,23). The molecule has 25 heavy (non-hydrogen) atoms. The smallest absolute Gasteiger partial charge is 0.320 e. The molecule has 1 saturated heterocycles. The molecule has 1 fully saturated rings. The van der Waals surface area contributed by atoms with Gasteiger partial charge in [0.25, 0.3) is 0 Å². The summed E-state index contributed by atoms with van der Waals surface area (Å²) in [5.41, 5.74) is 1.01. The minimum Gasteiger partial charge on any atom is -0.336 e. The van der Waals surface area contributed by atoms with Gasteiger partial charge in [-0.15, -0.1) is 11.3 Å². The van der Waals surface area contributed by atoms with Crippen molar-refractivity contribution in [3.05, 3.63) is 46.4 Å². The van der Waals surface area contributed by atoms with Crippen LogP contribution in [-0.2, 0) is 12.1 Å². The fraction of sp³-hybridized carbons (Fsp3) is 0.353. The number of thiazole rings is 1. The monoisotopic (exact) mass is 359 g/mol. The van der Waals surface area contributed by atoms with Crippen LogP contribution in [0, 0.1) is 0 Å². The molecule has 1 aromatic carbocycles. The molecule has 3 N–H and O–H groups in total. The molecule has 1 aliphatic heterocycles. The number of hydrogen-bond acceptors (Lipinski definition) is 4. The van der Waals surface area contributed by atoms with Gasteiger partial charge in [-0.3, -0.25) is 0 Å². The molecule has 4 amide bonds. The van der Waals surface area contributed by atoms with Gasteiger partial charge in [0.1, 0.15) is 5.01 Å². The summed E-state index contributed by atoms with van der Waals surface area (Å²) in [5.74, 6) is 0. The molecule has 8 heteroatoms. The first-order valence-corrected chi connectivity index (χ1v) is 8.93. The van der Waals surface area contributed by atoms with Crippen molar-refractivity contribution in [2.75, 3.05) is 18.4 Å². The lowest BCUT2D eigenvalue weighted by Crippen LogP contribution is -2.43. The number of anilines is 1. The SMILES string of the molecule is CC(C)(NC(=O)Nc1ccccc1CN1CCNC1=O)c1nccs1. The first-order valence-electron chi connectivity index (χ1n) is 8.05. The van der Waals surface area contributed by atoms with Gasteiger partial charge in [0.15, 0.2) is 0 Å². The molecular weight excluding hydrogens is 338 g/mol. The van der Waals surface area contributed by atoms with Crippen LogP contribution >= 0.6 is 11.3 Å². The highest BCUT2D eigenvalue weighted by atomic mass is 32.1. The van der Waals surface area contributed by atoms with E-state index in [-0.39, 0.29) is 12.1 Å². The molecule has 132 valence electrons. The third kappa shape index (κ3) is 4.08. The minimum atomic E-state index is -0.567. The zero-order chi connectivity index (χ0) is 17.9. The number of amides is 4. The Kier molecular flexibility index (Phi) is 4.89. The van der Waals surface area contributed by atoms with E-state index in [0.717, 1.165) is 10.6 Å². The van der Waals surface area contributed by atoms with Crippen molar-refractivity contribution < 1.29 is 9.59 Å². The number of carbonyl (C=O) groups excluding carboxylic acids is 2. The molecule has 0 spiro atoms. The Balaban J connectivity index is 1.68. The number of para-hydroxylation sites is 1. The van der Waals surface area contributed by atoms with Crippen molar-refractivity contribution >= 4 is 29.1 Å². The normalized spacial score (nSPS) is 14.3. The van der Waals surface area contributed by atoms with Crippen LogP contribution in [0.25, 0.3) is 0 Å². The van der Waals surface area contributed by atoms with Gasteiger partial charge in [-0.05, 0) is 25.5 Å². The Morgan fingerprint density at radius 1 is 1.40 bits per heavy atom. The molecule has 0 aliphatic carbocycles. The predicted octanol–water partition coefficient (Wildman–Crippen LogP) is 2.73. The largest absolute Gasteiger partial charge is 0.336 e. The van der Waals surface area contributed by atoms with E-state index in [1.165, 1.54) is 11.3 Å². The van der Waals surface area contributed by atoms with Crippen molar-refractivity contribution in [1.29, 1.82) is 0 Å². The Morgan fingerprint density at radius 3 is 2.88 bits per heavy atom. The van der Waals surface area contributed by atoms with E-state index >= 15 is 0 Å². The molecule has 7 nitrogen and oxygen atoms in total.